The van der Waals surface area contributed by atoms with Gasteiger partial charge < -0.3 is 24.4 Å². The van der Waals surface area contributed by atoms with E-state index in [2.05, 4.69) is 4.72 Å². The summed E-state index contributed by atoms with van der Waals surface area (Å²) in [5.41, 5.74) is 0.909. The summed E-state index contributed by atoms with van der Waals surface area (Å²) in [6.07, 6.45) is -0.177. The number of hydrogen-bond donors (Lipinski definition) is 2. The fourth-order valence-electron chi connectivity index (χ4n) is 4.04. The number of nitrogens with zero attached hydrogens (tertiary/aromatic N) is 2. The third-order valence-electron chi connectivity index (χ3n) is 6.08. The van der Waals surface area contributed by atoms with Gasteiger partial charge in [0.1, 0.15) is 17.6 Å². The van der Waals surface area contributed by atoms with Crippen LogP contribution in [0.4, 0.5) is 5.69 Å². The van der Waals surface area contributed by atoms with E-state index in [1.165, 1.54) is 19.2 Å². The van der Waals surface area contributed by atoms with Crippen molar-refractivity contribution in [3.05, 3.63) is 48.0 Å². The molecule has 0 saturated carbocycles. The minimum atomic E-state index is -3.85. The van der Waals surface area contributed by atoms with E-state index in [1.54, 1.807) is 35.2 Å². The van der Waals surface area contributed by atoms with Crippen LogP contribution in [0.15, 0.2) is 47.4 Å². The number of benzene rings is 2. The number of aliphatic hydroxyl groups is 1. The summed E-state index contributed by atoms with van der Waals surface area (Å²) in [5.74, 6) is 0.960. The van der Waals surface area contributed by atoms with Gasteiger partial charge in [-0.25, -0.2) is 8.42 Å². The Hall–Kier alpha value is -2.82. The van der Waals surface area contributed by atoms with Crippen LogP contribution in [-0.2, 0) is 21.2 Å². The predicted molar refractivity (Wildman–Crippen MR) is 134 cm³/mol. The molecule has 2 aromatic rings. The lowest BCUT2D eigenvalue weighted by Gasteiger charge is -2.33. The highest BCUT2D eigenvalue weighted by atomic mass is 32.2. The van der Waals surface area contributed by atoms with E-state index in [4.69, 9.17) is 9.47 Å². The Morgan fingerprint density at radius 3 is 2.51 bits per heavy atom. The summed E-state index contributed by atoms with van der Waals surface area (Å²) < 4.78 is 39.9. The smallest absolute Gasteiger partial charge is 0.261 e. The van der Waals surface area contributed by atoms with Crippen molar-refractivity contribution in [1.82, 2.24) is 9.80 Å². The molecule has 3 rings (SSSR count). The number of aliphatic hydroxyl groups excluding tert-OH is 1. The Morgan fingerprint density at radius 2 is 1.91 bits per heavy atom. The molecule has 3 atom stereocenters. The molecule has 0 aromatic heterocycles. The largest absolute Gasteiger partial charge is 0.497 e. The second-order valence-electron chi connectivity index (χ2n) is 9.25. The molecule has 9 nitrogen and oxygen atoms in total. The second-order valence-corrected chi connectivity index (χ2v) is 10.9. The second kappa shape index (κ2) is 11.3. The molecule has 0 spiro atoms. The molecular formula is C25H35N3O6S. The van der Waals surface area contributed by atoms with Crippen LogP contribution in [0.25, 0.3) is 0 Å². The molecule has 35 heavy (non-hydrogen) atoms. The van der Waals surface area contributed by atoms with Gasteiger partial charge in [-0.15, -0.1) is 0 Å². The fourth-order valence-corrected chi connectivity index (χ4v) is 5.09. The molecule has 1 aliphatic rings. The van der Waals surface area contributed by atoms with Crippen LogP contribution in [0, 0.1) is 5.92 Å². The van der Waals surface area contributed by atoms with Crippen LogP contribution in [0.3, 0.4) is 0 Å². The van der Waals surface area contributed by atoms with E-state index in [0.29, 0.717) is 35.8 Å². The van der Waals surface area contributed by atoms with Gasteiger partial charge in [0.15, 0.2) is 0 Å². The lowest BCUT2D eigenvalue weighted by Crippen LogP contribution is -2.47. The average molecular weight is 506 g/mol. The lowest BCUT2D eigenvalue weighted by atomic mass is 10.0. The van der Waals surface area contributed by atoms with Gasteiger partial charge in [0, 0.05) is 30.3 Å². The zero-order valence-electron chi connectivity index (χ0n) is 20.9. The summed E-state index contributed by atoms with van der Waals surface area (Å²) in [6.45, 7) is 4.78. The quantitative estimate of drug-likeness (QED) is 0.566. The van der Waals surface area contributed by atoms with Crippen LogP contribution in [-0.4, -0.2) is 82.3 Å². The number of likely N-dealkylation sites (N-methyl/N-ethyl adjacent to an activating group) is 1. The maximum Gasteiger partial charge on any atom is 0.261 e. The fraction of sp³-hybridized carbons (Fsp3) is 0.480. The summed E-state index contributed by atoms with van der Waals surface area (Å²) in [4.78, 5) is 17.0. The first-order chi connectivity index (χ1) is 16.5. The number of methoxy groups -OCH3 is 1. The molecule has 0 fully saturated rings. The maximum atomic E-state index is 13.2. The van der Waals surface area contributed by atoms with Gasteiger partial charge in [-0.2, -0.15) is 0 Å². The number of ether oxygens (including phenoxy) is 2. The van der Waals surface area contributed by atoms with Crippen LogP contribution >= 0.6 is 0 Å². The molecule has 0 radical (unpaired) electrons. The first-order valence-electron chi connectivity index (χ1n) is 11.6. The van der Waals surface area contributed by atoms with E-state index >= 15 is 0 Å². The molecule has 0 aliphatic carbocycles. The average Bonchev–Trinajstić information content (AvgIpc) is 2.86. The van der Waals surface area contributed by atoms with Crippen LogP contribution in [0.2, 0.25) is 0 Å². The van der Waals surface area contributed by atoms with E-state index in [1.807, 2.05) is 32.8 Å². The zero-order chi connectivity index (χ0) is 25.8. The number of carbonyl (C=O) groups excluding carboxylic acids is 1. The molecule has 1 heterocycles. The highest BCUT2D eigenvalue weighted by Gasteiger charge is 2.31. The Morgan fingerprint density at radius 1 is 1.23 bits per heavy atom. The van der Waals surface area contributed by atoms with Gasteiger partial charge >= 0.3 is 0 Å². The van der Waals surface area contributed by atoms with Crippen molar-refractivity contribution in [1.29, 1.82) is 0 Å². The predicted octanol–water partition coefficient (Wildman–Crippen LogP) is 2.21. The first-order valence-corrected chi connectivity index (χ1v) is 13.0. The van der Waals surface area contributed by atoms with Gasteiger partial charge in [0.05, 0.1) is 31.1 Å². The number of sulfonamides is 1. The Kier molecular flexibility index (Phi) is 8.63. The normalized spacial score (nSPS) is 19.7. The first kappa shape index (κ1) is 26.8. The maximum absolute atomic E-state index is 13.2. The van der Waals surface area contributed by atoms with Crippen LogP contribution < -0.4 is 14.2 Å². The molecule has 10 heteroatoms. The Balaban J connectivity index is 1.95. The standard InChI is InChI=1S/C25H35N3O6S/c1-17-14-28(18(2)16-29)25(30)13-19-12-20(6-11-23(19)34-24(17)15-27(3)4)26-35(31,32)22-9-7-21(33-5)8-10-22/h6-12,17-18,24,26,29H,13-16H2,1-5H3/t17-,18-,24+/m0/s1. The van der Waals surface area contributed by atoms with Crippen LogP contribution in [0.1, 0.15) is 19.4 Å². The van der Waals surface area contributed by atoms with Crippen molar-refractivity contribution in [2.75, 3.05) is 45.6 Å². The topological polar surface area (TPSA) is 108 Å². The number of carbonyl (C=O) groups is 1. The van der Waals surface area contributed by atoms with Crippen LogP contribution in [0.5, 0.6) is 11.5 Å². The van der Waals surface area contributed by atoms with Crippen molar-refractivity contribution in [2.45, 2.75) is 37.3 Å². The highest BCUT2D eigenvalue weighted by molar-refractivity contribution is 7.92. The van der Waals surface area contributed by atoms with Gasteiger partial charge in [0.2, 0.25) is 5.91 Å². The van der Waals surface area contributed by atoms with E-state index in [-0.39, 0.29) is 41.9 Å². The number of anilines is 1. The Bertz CT molecular complexity index is 1120. The van der Waals surface area contributed by atoms with E-state index in [9.17, 15) is 18.3 Å². The molecule has 0 saturated heterocycles. The molecule has 1 amide bonds. The van der Waals surface area contributed by atoms with Gasteiger partial charge in [0.25, 0.3) is 10.0 Å². The van der Waals surface area contributed by atoms with Crippen molar-refractivity contribution in [2.24, 2.45) is 5.92 Å². The number of hydrogen-bond acceptors (Lipinski definition) is 7. The number of rotatable bonds is 8. The SMILES string of the molecule is COc1ccc(S(=O)(=O)Nc2ccc3c(c2)CC(=O)N([C@@H](C)CO)C[C@H](C)[C@@H](CN(C)C)O3)cc1. The highest BCUT2D eigenvalue weighted by Crippen LogP contribution is 2.30. The third-order valence-corrected chi connectivity index (χ3v) is 7.48. The van der Waals surface area contributed by atoms with Gasteiger partial charge in [-0.1, -0.05) is 6.92 Å². The molecule has 1 aliphatic heterocycles. The van der Waals surface area contributed by atoms with Crippen molar-refractivity contribution in [3.8, 4) is 11.5 Å². The van der Waals surface area contributed by atoms with Crippen molar-refractivity contribution < 1.29 is 27.8 Å². The van der Waals surface area contributed by atoms with Gasteiger partial charge in [-0.3, -0.25) is 9.52 Å². The summed E-state index contributed by atoms with van der Waals surface area (Å²) in [5, 5.41) is 9.73. The molecule has 2 N–H and O–H groups in total. The van der Waals surface area contributed by atoms with Gasteiger partial charge in [-0.05, 0) is 63.5 Å². The van der Waals surface area contributed by atoms with Crippen molar-refractivity contribution in [3.63, 3.8) is 0 Å². The Labute approximate surface area is 207 Å². The molecule has 192 valence electrons. The molecule has 0 unspecified atom stereocenters. The minimum absolute atomic E-state index is 0.00884. The lowest BCUT2D eigenvalue weighted by molar-refractivity contribution is -0.134. The number of amides is 1. The molecule has 2 aromatic carbocycles. The third kappa shape index (κ3) is 6.65. The van der Waals surface area contributed by atoms with E-state index < -0.39 is 10.0 Å². The summed E-state index contributed by atoms with van der Waals surface area (Å²) in [7, 11) is 1.58. The zero-order valence-corrected chi connectivity index (χ0v) is 21.7. The monoisotopic (exact) mass is 505 g/mol. The molecule has 0 bridgehead atoms. The summed E-state index contributed by atoms with van der Waals surface area (Å²) >= 11 is 0. The number of fused-ring (bicyclic) bond motifs is 1. The summed E-state index contributed by atoms with van der Waals surface area (Å²) in [6, 6.07) is 10.7. The van der Waals surface area contributed by atoms with E-state index in [0.717, 1.165) is 0 Å². The van der Waals surface area contributed by atoms with Crippen molar-refractivity contribution >= 4 is 21.6 Å². The number of nitrogens with one attached hydrogen (secondary N) is 1. The molecular weight excluding hydrogens is 470 g/mol. The minimum Gasteiger partial charge on any atom is -0.497 e.